The van der Waals surface area contributed by atoms with Gasteiger partial charge < -0.3 is 4.74 Å². The minimum Gasteiger partial charge on any atom is -0.486 e. The van der Waals surface area contributed by atoms with Crippen LogP contribution in [0.4, 0.5) is 0 Å². The highest BCUT2D eigenvalue weighted by molar-refractivity contribution is 5.82. The lowest BCUT2D eigenvalue weighted by atomic mass is 9.98. The summed E-state index contributed by atoms with van der Waals surface area (Å²) in [6, 6.07) is 15.8. The van der Waals surface area contributed by atoms with Crippen molar-refractivity contribution in [3.05, 3.63) is 65.2 Å². The van der Waals surface area contributed by atoms with E-state index in [1.165, 1.54) is 11.1 Å². The van der Waals surface area contributed by atoms with Crippen molar-refractivity contribution >= 4 is 5.78 Å². The standard InChI is InChI=1S/C19H22O2/c1-14(2)19-10-9-18(11-15(19)3)21-13-17(20)12-16-7-5-4-6-8-16/h4-11,14H,12-13H2,1-3H3. The highest BCUT2D eigenvalue weighted by Gasteiger charge is 2.07. The fourth-order valence-corrected chi connectivity index (χ4v) is 2.42. The largest absolute Gasteiger partial charge is 0.486 e. The summed E-state index contributed by atoms with van der Waals surface area (Å²) < 4.78 is 5.61. The van der Waals surface area contributed by atoms with Crippen molar-refractivity contribution in [2.45, 2.75) is 33.1 Å². The van der Waals surface area contributed by atoms with Crippen LogP contribution in [-0.2, 0) is 11.2 Å². The number of benzene rings is 2. The number of ether oxygens (including phenoxy) is 1. The average Bonchev–Trinajstić information content (AvgIpc) is 2.46. The lowest BCUT2D eigenvalue weighted by molar-refractivity contribution is -0.120. The molecule has 0 fully saturated rings. The Kier molecular flexibility index (Phi) is 5.15. The van der Waals surface area contributed by atoms with Crippen LogP contribution in [0.5, 0.6) is 5.75 Å². The predicted molar refractivity (Wildman–Crippen MR) is 85.9 cm³/mol. The fraction of sp³-hybridized carbons (Fsp3) is 0.316. The Morgan fingerprint density at radius 2 is 1.81 bits per heavy atom. The van der Waals surface area contributed by atoms with Gasteiger partial charge in [0, 0.05) is 6.42 Å². The first-order chi connectivity index (χ1) is 10.1. The first-order valence-electron chi connectivity index (χ1n) is 7.35. The van der Waals surface area contributed by atoms with E-state index >= 15 is 0 Å². The molecule has 0 bridgehead atoms. The lowest BCUT2D eigenvalue weighted by Gasteiger charge is -2.12. The van der Waals surface area contributed by atoms with Gasteiger partial charge in [0.25, 0.3) is 0 Å². The van der Waals surface area contributed by atoms with Gasteiger partial charge in [-0.1, -0.05) is 50.2 Å². The molecule has 0 saturated carbocycles. The van der Waals surface area contributed by atoms with Gasteiger partial charge in [-0.05, 0) is 41.7 Å². The molecule has 2 aromatic carbocycles. The molecule has 0 aromatic heterocycles. The third kappa shape index (κ3) is 4.45. The molecule has 21 heavy (non-hydrogen) atoms. The zero-order valence-electron chi connectivity index (χ0n) is 12.9. The van der Waals surface area contributed by atoms with Crippen LogP contribution in [-0.4, -0.2) is 12.4 Å². The van der Waals surface area contributed by atoms with E-state index in [0.29, 0.717) is 12.3 Å². The second-order valence-electron chi connectivity index (χ2n) is 5.66. The summed E-state index contributed by atoms with van der Waals surface area (Å²) in [5.41, 5.74) is 3.55. The molecular formula is C19H22O2. The van der Waals surface area contributed by atoms with Gasteiger partial charge in [-0.3, -0.25) is 4.79 Å². The molecule has 0 radical (unpaired) electrons. The summed E-state index contributed by atoms with van der Waals surface area (Å²) in [5.74, 6) is 1.35. The first kappa shape index (κ1) is 15.3. The SMILES string of the molecule is Cc1cc(OCC(=O)Cc2ccccc2)ccc1C(C)C. The molecule has 110 valence electrons. The average molecular weight is 282 g/mol. The molecule has 0 aliphatic heterocycles. The minimum absolute atomic E-state index is 0.0896. The Bertz CT molecular complexity index is 600. The van der Waals surface area contributed by atoms with Crippen LogP contribution in [0.2, 0.25) is 0 Å². The maximum atomic E-state index is 11.9. The normalized spacial score (nSPS) is 10.7. The molecule has 0 saturated heterocycles. The number of carbonyl (C=O) groups excluding carboxylic acids is 1. The second kappa shape index (κ2) is 7.07. The zero-order valence-corrected chi connectivity index (χ0v) is 12.9. The van der Waals surface area contributed by atoms with E-state index in [9.17, 15) is 4.79 Å². The van der Waals surface area contributed by atoms with Crippen LogP contribution in [0.1, 0.15) is 36.5 Å². The maximum Gasteiger partial charge on any atom is 0.174 e. The Labute approximate surface area is 126 Å². The van der Waals surface area contributed by atoms with Crippen LogP contribution in [0, 0.1) is 6.92 Å². The first-order valence-corrected chi connectivity index (χ1v) is 7.35. The van der Waals surface area contributed by atoms with Gasteiger partial charge in [-0.25, -0.2) is 0 Å². The third-order valence-corrected chi connectivity index (χ3v) is 3.51. The second-order valence-corrected chi connectivity index (χ2v) is 5.66. The van der Waals surface area contributed by atoms with Crippen LogP contribution >= 0.6 is 0 Å². The van der Waals surface area contributed by atoms with Crippen LogP contribution < -0.4 is 4.74 Å². The van der Waals surface area contributed by atoms with Crippen molar-refractivity contribution in [3.8, 4) is 5.75 Å². The summed E-state index contributed by atoms with van der Waals surface area (Å²) in [4.78, 5) is 11.9. The van der Waals surface area contributed by atoms with Gasteiger partial charge in [0.05, 0.1) is 0 Å². The number of aryl methyl sites for hydroxylation is 1. The fourth-order valence-electron chi connectivity index (χ4n) is 2.42. The summed E-state index contributed by atoms with van der Waals surface area (Å²) >= 11 is 0. The molecule has 2 aromatic rings. The Balaban J connectivity index is 1.91. The molecular weight excluding hydrogens is 260 g/mol. The smallest absolute Gasteiger partial charge is 0.174 e. The van der Waals surface area contributed by atoms with Crippen molar-refractivity contribution < 1.29 is 9.53 Å². The molecule has 0 heterocycles. The molecule has 0 aliphatic carbocycles. The van der Waals surface area contributed by atoms with Crippen molar-refractivity contribution in [1.82, 2.24) is 0 Å². The topological polar surface area (TPSA) is 26.3 Å². The summed E-state index contributed by atoms with van der Waals surface area (Å²) in [5, 5.41) is 0. The van der Waals surface area contributed by atoms with Gasteiger partial charge in [0.1, 0.15) is 12.4 Å². The molecule has 2 heteroatoms. The van der Waals surface area contributed by atoms with Crippen LogP contribution in [0.3, 0.4) is 0 Å². The van der Waals surface area contributed by atoms with E-state index in [0.717, 1.165) is 11.3 Å². The summed E-state index contributed by atoms with van der Waals surface area (Å²) in [6.45, 7) is 6.54. The van der Waals surface area contributed by atoms with Gasteiger partial charge in [-0.2, -0.15) is 0 Å². The summed E-state index contributed by atoms with van der Waals surface area (Å²) in [7, 11) is 0. The highest BCUT2D eigenvalue weighted by atomic mass is 16.5. The van der Waals surface area contributed by atoms with Gasteiger partial charge in [0.15, 0.2) is 5.78 Å². The van der Waals surface area contributed by atoms with Crippen molar-refractivity contribution in [1.29, 1.82) is 0 Å². The van der Waals surface area contributed by atoms with Crippen LogP contribution in [0.15, 0.2) is 48.5 Å². The predicted octanol–water partition coefficient (Wildman–Crippen LogP) is 4.31. The van der Waals surface area contributed by atoms with E-state index < -0.39 is 0 Å². The van der Waals surface area contributed by atoms with Crippen LogP contribution in [0.25, 0.3) is 0 Å². The quantitative estimate of drug-likeness (QED) is 0.789. The maximum absolute atomic E-state index is 11.9. The van der Waals surface area contributed by atoms with Gasteiger partial charge in [-0.15, -0.1) is 0 Å². The highest BCUT2D eigenvalue weighted by Crippen LogP contribution is 2.23. The number of hydrogen-bond donors (Lipinski definition) is 0. The van der Waals surface area contributed by atoms with Gasteiger partial charge >= 0.3 is 0 Å². The minimum atomic E-state index is 0.0896. The Morgan fingerprint density at radius 3 is 2.43 bits per heavy atom. The Morgan fingerprint density at radius 1 is 1.10 bits per heavy atom. The molecule has 2 nitrogen and oxygen atoms in total. The van der Waals surface area contributed by atoms with Crippen molar-refractivity contribution in [3.63, 3.8) is 0 Å². The van der Waals surface area contributed by atoms with E-state index in [-0.39, 0.29) is 12.4 Å². The molecule has 0 N–H and O–H groups in total. The van der Waals surface area contributed by atoms with Crippen molar-refractivity contribution in [2.75, 3.05) is 6.61 Å². The lowest BCUT2D eigenvalue weighted by Crippen LogP contribution is -2.13. The van der Waals surface area contributed by atoms with E-state index in [4.69, 9.17) is 4.74 Å². The van der Waals surface area contributed by atoms with E-state index in [1.807, 2.05) is 42.5 Å². The number of hydrogen-bond acceptors (Lipinski definition) is 2. The Hall–Kier alpha value is -2.09. The van der Waals surface area contributed by atoms with Gasteiger partial charge in [0.2, 0.25) is 0 Å². The number of rotatable bonds is 6. The zero-order chi connectivity index (χ0) is 15.2. The molecule has 0 spiro atoms. The third-order valence-electron chi connectivity index (χ3n) is 3.51. The number of carbonyl (C=O) groups is 1. The van der Waals surface area contributed by atoms with Crippen molar-refractivity contribution in [2.24, 2.45) is 0 Å². The van der Waals surface area contributed by atoms with E-state index in [1.54, 1.807) is 0 Å². The number of ketones is 1. The number of Topliss-reactive ketones (excluding diaryl/α,β-unsaturated/α-hetero) is 1. The molecule has 0 unspecified atom stereocenters. The molecule has 0 atom stereocenters. The summed E-state index contributed by atoms with van der Waals surface area (Å²) in [6.07, 6.45) is 0.421. The molecule has 0 aliphatic rings. The molecule has 0 amide bonds. The molecule has 2 rings (SSSR count). The monoisotopic (exact) mass is 282 g/mol. The van der Waals surface area contributed by atoms with E-state index in [2.05, 4.69) is 26.8 Å².